The van der Waals surface area contributed by atoms with Crippen LogP contribution >= 0.6 is 0 Å². The molecule has 1 amide bonds. The molecule has 1 unspecified atom stereocenters. The molecule has 0 saturated carbocycles. The largest absolute Gasteiger partial charge is 0.447 e. The lowest BCUT2D eigenvalue weighted by molar-refractivity contribution is 0.0299. The number of aromatic nitrogens is 1. The molecule has 0 spiro atoms. The highest BCUT2D eigenvalue weighted by molar-refractivity contribution is 5.92. The summed E-state index contributed by atoms with van der Waals surface area (Å²) in [6.07, 6.45) is 1.49. The minimum absolute atomic E-state index is 0.0827. The number of nitrogens with zero attached hydrogens (tertiary/aromatic N) is 3. The van der Waals surface area contributed by atoms with Crippen LogP contribution in [0.5, 0.6) is 0 Å². The third-order valence-corrected chi connectivity index (χ3v) is 5.58. The average Bonchev–Trinajstić information content (AvgIpc) is 3.17. The fourth-order valence-corrected chi connectivity index (χ4v) is 3.36. The number of hydrogen-bond acceptors (Lipinski definition) is 5. The molecule has 0 aliphatic carbocycles. The molecular formula is C22H31N3O3. The number of ether oxygens (including phenoxy) is 1. The van der Waals surface area contributed by atoms with Gasteiger partial charge in [-0.1, -0.05) is 38.1 Å². The lowest BCUT2D eigenvalue weighted by atomic mass is 10.0. The Bertz CT molecular complexity index is 781. The molecule has 3 rings (SSSR count). The fourth-order valence-electron chi connectivity index (χ4n) is 3.36. The van der Waals surface area contributed by atoms with Crippen LogP contribution in [0.2, 0.25) is 0 Å². The zero-order chi connectivity index (χ0) is 20.1. The lowest BCUT2D eigenvalue weighted by Gasteiger charge is -2.31. The van der Waals surface area contributed by atoms with Crippen LogP contribution in [-0.4, -0.2) is 53.0 Å². The van der Waals surface area contributed by atoms with Crippen molar-refractivity contribution < 1.29 is 13.9 Å². The van der Waals surface area contributed by atoms with Crippen molar-refractivity contribution in [3.8, 4) is 0 Å². The van der Waals surface area contributed by atoms with Crippen LogP contribution in [0.4, 0.5) is 0 Å². The van der Waals surface area contributed by atoms with E-state index in [0.29, 0.717) is 56.4 Å². The summed E-state index contributed by atoms with van der Waals surface area (Å²) < 4.78 is 11.0. The molecule has 1 atom stereocenters. The second-order valence-electron chi connectivity index (χ2n) is 7.85. The van der Waals surface area contributed by atoms with Crippen molar-refractivity contribution >= 4 is 5.91 Å². The molecule has 1 aromatic carbocycles. The molecule has 28 heavy (non-hydrogen) atoms. The first-order valence-corrected chi connectivity index (χ1v) is 10.1. The van der Waals surface area contributed by atoms with Gasteiger partial charge in [0.25, 0.3) is 5.91 Å². The smallest absolute Gasteiger partial charge is 0.275 e. The monoisotopic (exact) mass is 385 g/mol. The molecule has 1 aromatic heterocycles. The topological polar surface area (TPSA) is 58.8 Å². The van der Waals surface area contributed by atoms with Crippen molar-refractivity contribution in [2.24, 2.45) is 5.92 Å². The van der Waals surface area contributed by atoms with E-state index in [-0.39, 0.29) is 5.91 Å². The van der Waals surface area contributed by atoms with Gasteiger partial charge in [0.05, 0.1) is 19.8 Å². The van der Waals surface area contributed by atoms with Crippen molar-refractivity contribution in [3.63, 3.8) is 0 Å². The predicted molar refractivity (Wildman–Crippen MR) is 108 cm³/mol. The molecule has 0 bridgehead atoms. The van der Waals surface area contributed by atoms with Gasteiger partial charge in [0.15, 0.2) is 5.69 Å². The van der Waals surface area contributed by atoms with E-state index in [1.165, 1.54) is 17.4 Å². The Morgan fingerprint density at radius 2 is 1.89 bits per heavy atom. The number of aryl methyl sites for hydroxylation is 1. The number of amides is 1. The van der Waals surface area contributed by atoms with Gasteiger partial charge in [-0.2, -0.15) is 0 Å². The highest BCUT2D eigenvalue weighted by Crippen LogP contribution is 2.20. The summed E-state index contributed by atoms with van der Waals surface area (Å²) in [6.45, 7) is 12.6. The van der Waals surface area contributed by atoms with Crippen LogP contribution in [0, 0.1) is 12.8 Å². The van der Waals surface area contributed by atoms with Gasteiger partial charge >= 0.3 is 0 Å². The highest BCUT2D eigenvalue weighted by atomic mass is 16.5. The summed E-state index contributed by atoms with van der Waals surface area (Å²) >= 11 is 0. The van der Waals surface area contributed by atoms with Crippen LogP contribution in [0.25, 0.3) is 0 Å². The van der Waals surface area contributed by atoms with Crippen molar-refractivity contribution in [2.75, 3.05) is 26.3 Å². The van der Waals surface area contributed by atoms with Gasteiger partial charge < -0.3 is 14.1 Å². The highest BCUT2D eigenvalue weighted by Gasteiger charge is 2.24. The van der Waals surface area contributed by atoms with Crippen LogP contribution < -0.4 is 0 Å². The average molecular weight is 386 g/mol. The van der Waals surface area contributed by atoms with Crippen LogP contribution in [0.3, 0.4) is 0 Å². The Hall–Kier alpha value is -2.18. The van der Waals surface area contributed by atoms with Crippen molar-refractivity contribution in [3.05, 3.63) is 53.2 Å². The molecule has 152 valence electrons. The molecule has 0 radical (unpaired) electrons. The molecule has 2 heterocycles. The Balaban J connectivity index is 1.73. The summed E-state index contributed by atoms with van der Waals surface area (Å²) in [5, 5.41) is 0. The molecular weight excluding hydrogens is 354 g/mol. The molecule has 1 fully saturated rings. The third kappa shape index (κ3) is 5.00. The Morgan fingerprint density at radius 1 is 1.18 bits per heavy atom. The van der Waals surface area contributed by atoms with Crippen LogP contribution in [0.1, 0.15) is 48.3 Å². The first-order valence-electron chi connectivity index (χ1n) is 10.1. The SMILES string of the molecule is Cc1ccccc1CN(Cc1nc(C(=O)N2CCOCC2)co1)C(C)C(C)C. The molecule has 6 nitrogen and oxygen atoms in total. The van der Waals surface area contributed by atoms with Gasteiger partial charge in [0.2, 0.25) is 5.89 Å². The van der Waals surface area contributed by atoms with Crippen LogP contribution in [0.15, 0.2) is 34.9 Å². The second kappa shape index (κ2) is 9.34. The van der Waals surface area contributed by atoms with Crippen molar-refractivity contribution in [2.45, 2.75) is 46.8 Å². The summed E-state index contributed by atoms with van der Waals surface area (Å²) in [7, 11) is 0. The van der Waals surface area contributed by atoms with Crippen molar-refractivity contribution in [1.29, 1.82) is 0 Å². The van der Waals surface area contributed by atoms with Crippen molar-refractivity contribution in [1.82, 2.24) is 14.8 Å². The predicted octanol–water partition coefficient (Wildman–Crippen LogP) is 3.50. The Labute approximate surface area is 167 Å². The number of morpholine rings is 1. The zero-order valence-electron chi connectivity index (χ0n) is 17.4. The first kappa shape index (κ1) is 20.6. The molecule has 1 saturated heterocycles. The van der Waals surface area contributed by atoms with Gasteiger partial charge in [0.1, 0.15) is 6.26 Å². The van der Waals surface area contributed by atoms with E-state index in [4.69, 9.17) is 9.15 Å². The van der Waals surface area contributed by atoms with Gasteiger partial charge in [-0.3, -0.25) is 9.69 Å². The van der Waals surface area contributed by atoms with E-state index in [1.807, 2.05) is 0 Å². The minimum atomic E-state index is -0.0827. The normalized spacial score (nSPS) is 16.0. The number of carbonyl (C=O) groups is 1. The molecule has 1 aliphatic heterocycles. The van der Waals surface area contributed by atoms with E-state index < -0.39 is 0 Å². The number of benzene rings is 1. The lowest BCUT2D eigenvalue weighted by Crippen LogP contribution is -2.40. The maximum atomic E-state index is 12.6. The maximum Gasteiger partial charge on any atom is 0.275 e. The summed E-state index contributed by atoms with van der Waals surface area (Å²) in [4.78, 5) is 21.2. The third-order valence-electron chi connectivity index (χ3n) is 5.58. The second-order valence-corrected chi connectivity index (χ2v) is 7.85. The van der Waals surface area contributed by atoms with Gasteiger partial charge in [-0.15, -0.1) is 0 Å². The fraction of sp³-hybridized carbons (Fsp3) is 0.545. The Morgan fingerprint density at radius 3 is 2.57 bits per heavy atom. The number of hydrogen-bond donors (Lipinski definition) is 0. The van der Waals surface area contributed by atoms with Gasteiger partial charge in [-0.25, -0.2) is 4.98 Å². The number of oxazole rings is 1. The standard InChI is InChI=1S/C22H31N3O3/c1-16(2)18(4)25(13-19-8-6-5-7-17(19)3)14-21-23-20(15-28-21)22(26)24-9-11-27-12-10-24/h5-8,15-16,18H,9-14H2,1-4H3. The van der Waals surface area contributed by atoms with Crippen LogP contribution in [-0.2, 0) is 17.8 Å². The summed E-state index contributed by atoms with van der Waals surface area (Å²) in [5.41, 5.74) is 2.95. The van der Waals surface area contributed by atoms with E-state index in [2.05, 4.69) is 61.8 Å². The van der Waals surface area contributed by atoms with E-state index in [9.17, 15) is 4.79 Å². The summed E-state index contributed by atoms with van der Waals surface area (Å²) in [5.74, 6) is 0.992. The van der Waals surface area contributed by atoms with E-state index >= 15 is 0 Å². The number of rotatable bonds is 7. The van der Waals surface area contributed by atoms with Gasteiger partial charge in [-0.05, 0) is 30.9 Å². The van der Waals surface area contributed by atoms with E-state index in [1.54, 1.807) is 4.90 Å². The molecule has 0 N–H and O–H groups in total. The quantitative estimate of drug-likeness (QED) is 0.730. The number of carbonyl (C=O) groups excluding carboxylic acids is 1. The molecule has 1 aliphatic rings. The molecule has 2 aromatic rings. The first-order chi connectivity index (χ1) is 13.5. The minimum Gasteiger partial charge on any atom is -0.447 e. The van der Waals surface area contributed by atoms with E-state index in [0.717, 1.165) is 6.54 Å². The maximum absolute atomic E-state index is 12.6. The molecule has 6 heteroatoms. The van der Waals surface area contributed by atoms with Gasteiger partial charge in [0, 0.05) is 25.7 Å². The zero-order valence-corrected chi connectivity index (χ0v) is 17.4. The summed E-state index contributed by atoms with van der Waals surface area (Å²) in [6, 6.07) is 8.79. The Kier molecular flexibility index (Phi) is 6.86.